The maximum Gasteiger partial charge on any atom is 0.192 e. The van der Waals surface area contributed by atoms with Gasteiger partial charge in [0.25, 0.3) is 0 Å². The van der Waals surface area contributed by atoms with Crippen molar-refractivity contribution in [3.63, 3.8) is 0 Å². The van der Waals surface area contributed by atoms with Crippen LogP contribution < -0.4 is 5.32 Å². The summed E-state index contributed by atoms with van der Waals surface area (Å²) in [5.41, 5.74) is 1.75. The Labute approximate surface area is 165 Å². The molecule has 1 unspecified atom stereocenters. The first-order chi connectivity index (χ1) is 12.3. The molecule has 0 spiro atoms. The van der Waals surface area contributed by atoms with Gasteiger partial charge in [-0.2, -0.15) is 0 Å². The molecule has 2 nitrogen and oxygen atoms in total. The molecule has 0 amide bonds. The molecule has 0 aromatic heterocycles. The lowest BCUT2D eigenvalue weighted by atomic mass is 9.70. The monoisotopic (exact) mass is 399 g/mol. The second-order valence-electron chi connectivity index (χ2n) is 8.29. The summed E-state index contributed by atoms with van der Waals surface area (Å²) in [6.07, 6.45) is 3.53. The second-order valence-corrected chi connectivity index (χ2v) is 13.4. The molecule has 0 radical (unpaired) electrons. The normalized spacial score (nSPS) is 17.8. The van der Waals surface area contributed by atoms with Crippen LogP contribution >= 0.6 is 11.6 Å². The first-order valence-electron chi connectivity index (χ1n) is 10.1. The summed E-state index contributed by atoms with van der Waals surface area (Å²) in [5.74, 6) is -0.247. The average Bonchev–Trinajstić information content (AvgIpc) is 2.57. The van der Waals surface area contributed by atoms with Gasteiger partial charge < -0.3 is 9.74 Å². The van der Waals surface area contributed by atoms with Crippen LogP contribution in [0.15, 0.2) is 12.1 Å². The molecule has 1 aliphatic rings. The fourth-order valence-electron chi connectivity index (χ4n) is 3.99. The SMILES string of the molecule is CC[Si](CC)(CC)OC(CNCC1(C)CCC1)c1c(F)cc(C)cc1Cl. The predicted octanol–water partition coefficient (Wildman–Crippen LogP) is 6.63. The Bertz CT molecular complexity index is 570. The molecule has 1 fully saturated rings. The van der Waals surface area contributed by atoms with Crippen LogP contribution in [0.5, 0.6) is 0 Å². The largest absolute Gasteiger partial charge is 0.408 e. The van der Waals surface area contributed by atoms with Gasteiger partial charge in [0.1, 0.15) is 5.82 Å². The van der Waals surface area contributed by atoms with E-state index in [9.17, 15) is 4.39 Å². The van der Waals surface area contributed by atoms with Crippen LogP contribution in [0.4, 0.5) is 4.39 Å². The number of rotatable bonds is 10. The standard InChI is InChI=1S/C21H35ClFNOSi/c1-6-26(7-2,8-3)25-19(14-24-15-21(5)10-9-11-21)20-17(22)12-16(4)13-18(20)23/h12-13,19,24H,6-11,14-15H2,1-5H3. The molecule has 1 aromatic carbocycles. The predicted molar refractivity (Wildman–Crippen MR) is 112 cm³/mol. The minimum Gasteiger partial charge on any atom is -0.408 e. The summed E-state index contributed by atoms with van der Waals surface area (Å²) in [5, 5.41) is 4.04. The Hall–Kier alpha value is -0.423. The van der Waals surface area contributed by atoms with E-state index in [4.69, 9.17) is 16.0 Å². The highest BCUT2D eigenvalue weighted by Crippen LogP contribution is 2.40. The molecular formula is C21H35ClFNOSi. The molecule has 1 saturated carbocycles. The van der Waals surface area contributed by atoms with Crippen molar-refractivity contribution >= 4 is 19.9 Å². The van der Waals surface area contributed by atoms with E-state index >= 15 is 0 Å². The molecule has 1 aromatic rings. The number of nitrogens with one attached hydrogen (secondary N) is 1. The van der Waals surface area contributed by atoms with Crippen LogP contribution in [0.25, 0.3) is 0 Å². The van der Waals surface area contributed by atoms with E-state index in [1.807, 2.05) is 13.0 Å². The molecule has 5 heteroatoms. The molecule has 2 rings (SSSR count). The van der Waals surface area contributed by atoms with Crippen LogP contribution in [0, 0.1) is 18.2 Å². The molecule has 0 saturated heterocycles. The van der Waals surface area contributed by atoms with Crippen LogP contribution in [-0.4, -0.2) is 21.4 Å². The molecule has 1 atom stereocenters. The van der Waals surface area contributed by atoms with Crippen molar-refractivity contribution in [3.05, 3.63) is 34.1 Å². The van der Waals surface area contributed by atoms with Gasteiger partial charge in [-0.3, -0.25) is 0 Å². The summed E-state index contributed by atoms with van der Waals surface area (Å²) < 4.78 is 21.5. The van der Waals surface area contributed by atoms with Gasteiger partial charge in [-0.15, -0.1) is 0 Å². The van der Waals surface area contributed by atoms with Gasteiger partial charge in [0, 0.05) is 23.7 Å². The van der Waals surface area contributed by atoms with E-state index in [1.165, 1.54) is 19.3 Å². The first kappa shape index (κ1) is 21.9. The third-order valence-electron chi connectivity index (χ3n) is 6.31. The van der Waals surface area contributed by atoms with Crippen molar-refractivity contribution < 1.29 is 8.82 Å². The lowest BCUT2D eigenvalue weighted by Gasteiger charge is -2.39. The highest BCUT2D eigenvalue weighted by atomic mass is 35.5. The first-order valence-corrected chi connectivity index (χ1v) is 13.0. The molecule has 1 N–H and O–H groups in total. The zero-order valence-corrected chi connectivity index (χ0v) is 18.8. The number of benzene rings is 1. The summed E-state index contributed by atoms with van der Waals surface area (Å²) in [6, 6.07) is 6.53. The van der Waals surface area contributed by atoms with E-state index in [-0.39, 0.29) is 11.9 Å². The van der Waals surface area contributed by atoms with E-state index in [0.717, 1.165) is 30.2 Å². The van der Waals surface area contributed by atoms with E-state index in [1.54, 1.807) is 6.07 Å². The van der Waals surface area contributed by atoms with Crippen molar-refractivity contribution in [1.82, 2.24) is 5.32 Å². The molecule has 0 bridgehead atoms. The van der Waals surface area contributed by atoms with Gasteiger partial charge in [-0.05, 0) is 61.0 Å². The number of aryl methyl sites for hydroxylation is 1. The molecular weight excluding hydrogens is 365 g/mol. The van der Waals surface area contributed by atoms with E-state index < -0.39 is 8.32 Å². The van der Waals surface area contributed by atoms with Crippen molar-refractivity contribution in [1.29, 1.82) is 0 Å². The quantitative estimate of drug-likeness (QED) is 0.445. The van der Waals surface area contributed by atoms with Gasteiger partial charge in [-0.1, -0.05) is 45.7 Å². The summed E-state index contributed by atoms with van der Waals surface area (Å²) in [6.45, 7) is 12.4. The highest BCUT2D eigenvalue weighted by Gasteiger charge is 2.35. The topological polar surface area (TPSA) is 21.3 Å². The van der Waals surface area contributed by atoms with Gasteiger partial charge in [0.15, 0.2) is 8.32 Å². The smallest absolute Gasteiger partial charge is 0.192 e. The maximum atomic E-state index is 14.8. The minimum atomic E-state index is -1.88. The molecule has 26 heavy (non-hydrogen) atoms. The third kappa shape index (κ3) is 5.09. The number of hydrogen-bond acceptors (Lipinski definition) is 2. The fourth-order valence-corrected chi connectivity index (χ4v) is 7.17. The van der Waals surface area contributed by atoms with E-state index in [0.29, 0.717) is 22.5 Å². The molecule has 1 aliphatic carbocycles. The fraction of sp³-hybridized carbons (Fsp3) is 0.714. The summed E-state index contributed by atoms with van der Waals surface area (Å²) >= 11 is 6.46. The van der Waals surface area contributed by atoms with Crippen molar-refractivity contribution in [2.45, 2.75) is 78.1 Å². The molecule has 0 aliphatic heterocycles. The number of hydrogen-bond donors (Lipinski definition) is 1. The minimum absolute atomic E-state index is 0.247. The van der Waals surface area contributed by atoms with Crippen LogP contribution in [0.3, 0.4) is 0 Å². The molecule has 148 valence electrons. The van der Waals surface area contributed by atoms with Gasteiger partial charge in [-0.25, -0.2) is 4.39 Å². The Balaban J connectivity index is 2.23. The summed E-state index contributed by atoms with van der Waals surface area (Å²) in [7, 11) is -1.88. The van der Waals surface area contributed by atoms with Crippen molar-refractivity contribution in [2.75, 3.05) is 13.1 Å². The Kier molecular flexibility index (Phi) is 7.72. The maximum absolute atomic E-state index is 14.8. The van der Waals surface area contributed by atoms with Crippen molar-refractivity contribution in [3.8, 4) is 0 Å². The lowest BCUT2D eigenvalue weighted by molar-refractivity contribution is 0.136. The average molecular weight is 400 g/mol. The summed E-state index contributed by atoms with van der Waals surface area (Å²) in [4.78, 5) is 0. The Morgan fingerprint density at radius 3 is 2.31 bits per heavy atom. The van der Waals surface area contributed by atoms with E-state index in [2.05, 4.69) is 33.0 Å². The van der Waals surface area contributed by atoms with Crippen LogP contribution in [-0.2, 0) is 4.43 Å². The zero-order valence-electron chi connectivity index (χ0n) is 17.1. The van der Waals surface area contributed by atoms with Gasteiger partial charge >= 0.3 is 0 Å². The number of halogens is 2. The zero-order chi connectivity index (χ0) is 19.4. The lowest BCUT2D eigenvalue weighted by Crippen LogP contribution is -2.43. The van der Waals surface area contributed by atoms with Crippen molar-refractivity contribution in [2.24, 2.45) is 5.41 Å². The third-order valence-corrected chi connectivity index (χ3v) is 11.3. The van der Waals surface area contributed by atoms with Crippen LogP contribution in [0.2, 0.25) is 23.2 Å². The van der Waals surface area contributed by atoms with Crippen LogP contribution in [0.1, 0.15) is 64.2 Å². The second kappa shape index (κ2) is 9.18. The Morgan fingerprint density at radius 2 is 1.85 bits per heavy atom. The van der Waals surface area contributed by atoms with Gasteiger partial charge in [0.2, 0.25) is 0 Å². The highest BCUT2D eigenvalue weighted by molar-refractivity contribution is 6.73. The molecule has 0 heterocycles. The Morgan fingerprint density at radius 1 is 1.23 bits per heavy atom. The van der Waals surface area contributed by atoms with Gasteiger partial charge in [0.05, 0.1) is 6.10 Å².